The lowest BCUT2D eigenvalue weighted by molar-refractivity contribution is 0.177. The van der Waals surface area contributed by atoms with Crippen LogP contribution in [0.2, 0.25) is 5.02 Å². The molecule has 0 radical (unpaired) electrons. The first kappa shape index (κ1) is 13.8. The van der Waals surface area contributed by atoms with Crippen molar-refractivity contribution in [3.8, 4) is 0 Å². The number of aliphatic hydroxyl groups is 1. The van der Waals surface area contributed by atoms with Gasteiger partial charge in [-0.15, -0.1) is 0 Å². The molecule has 2 aromatic carbocycles. The van der Waals surface area contributed by atoms with E-state index in [1.54, 1.807) is 12.1 Å². The van der Waals surface area contributed by atoms with Crippen LogP contribution < -0.4 is 0 Å². The number of hydrogen-bond donors (Lipinski definition) is 1. The van der Waals surface area contributed by atoms with Gasteiger partial charge in [-0.3, -0.25) is 0 Å². The van der Waals surface area contributed by atoms with Crippen LogP contribution in [0.5, 0.6) is 0 Å². The number of hydrogen-bond acceptors (Lipinski definition) is 1. The topological polar surface area (TPSA) is 20.2 Å². The second-order valence-corrected chi connectivity index (χ2v) is 5.61. The first-order valence-electron chi connectivity index (χ1n) is 5.44. The Bertz CT molecular complexity index is 559. The highest BCUT2D eigenvalue weighted by molar-refractivity contribution is 14.1. The summed E-state index contributed by atoms with van der Waals surface area (Å²) >= 11 is 7.92. The number of halogens is 3. The van der Waals surface area contributed by atoms with Crippen LogP contribution in [0.15, 0.2) is 42.5 Å². The van der Waals surface area contributed by atoms with Crippen LogP contribution in [-0.4, -0.2) is 5.11 Å². The Morgan fingerprint density at radius 2 is 2.00 bits per heavy atom. The molecule has 0 saturated heterocycles. The number of rotatable bonds is 3. The highest BCUT2D eigenvalue weighted by Crippen LogP contribution is 2.25. The van der Waals surface area contributed by atoms with E-state index in [1.165, 1.54) is 12.1 Å². The van der Waals surface area contributed by atoms with Gasteiger partial charge in [-0.25, -0.2) is 4.39 Å². The van der Waals surface area contributed by atoms with E-state index in [1.807, 2.05) is 40.8 Å². The van der Waals surface area contributed by atoms with E-state index in [4.69, 9.17) is 11.6 Å². The SMILES string of the molecule is OC(Cc1cccc(Cl)c1)c1ccc(F)cc1I. The quantitative estimate of drug-likeness (QED) is 0.789. The Morgan fingerprint density at radius 1 is 1.22 bits per heavy atom. The van der Waals surface area contributed by atoms with Gasteiger partial charge in [-0.05, 0) is 58.0 Å². The van der Waals surface area contributed by atoms with Gasteiger partial charge >= 0.3 is 0 Å². The molecule has 0 aromatic heterocycles. The van der Waals surface area contributed by atoms with Crippen LogP contribution in [0.25, 0.3) is 0 Å². The summed E-state index contributed by atoms with van der Waals surface area (Å²) in [6, 6.07) is 11.8. The minimum absolute atomic E-state index is 0.293. The lowest BCUT2D eigenvalue weighted by atomic mass is 10.0. The van der Waals surface area contributed by atoms with Crippen molar-refractivity contribution in [2.75, 3.05) is 0 Å². The molecule has 1 unspecified atom stereocenters. The Balaban J connectivity index is 2.19. The molecule has 1 nitrogen and oxygen atoms in total. The molecule has 94 valence electrons. The lowest BCUT2D eigenvalue weighted by Crippen LogP contribution is -2.04. The summed E-state index contributed by atoms with van der Waals surface area (Å²) in [6.07, 6.45) is -0.196. The minimum Gasteiger partial charge on any atom is -0.388 e. The maximum absolute atomic E-state index is 13.0. The highest BCUT2D eigenvalue weighted by Gasteiger charge is 2.12. The summed E-state index contributed by atoms with van der Waals surface area (Å²) in [6.45, 7) is 0. The van der Waals surface area contributed by atoms with Crippen molar-refractivity contribution in [2.24, 2.45) is 0 Å². The number of benzene rings is 2. The second-order valence-electron chi connectivity index (χ2n) is 4.02. The zero-order valence-corrected chi connectivity index (χ0v) is 12.3. The summed E-state index contributed by atoms with van der Waals surface area (Å²) in [5.41, 5.74) is 1.69. The summed E-state index contributed by atoms with van der Waals surface area (Å²) in [5, 5.41) is 10.8. The van der Waals surface area contributed by atoms with Gasteiger partial charge < -0.3 is 5.11 Å². The molecule has 0 fully saturated rings. The molecular weight excluding hydrogens is 366 g/mol. The molecule has 2 rings (SSSR count). The molecule has 0 aliphatic carbocycles. The lowest BCUT2D eigenvalue weighted by Gasteiger charge is -2.13. The van der Waals surface area contributed by atoms with Crippen LogP contribution in [0.3, 0.4) is 0 Å². The Kier molecular flexibility index (Phi) is 4.59. The van der Waals surface area contributed by atoms with Crippen LogP contribution in [0.1, 0.15) is 17.2 Å². The fraction of sp³-hybridized carbons (Fsp3) is 0.143. The predicted octanol–water partition coefficient (Wildman–Crippen LogP) is 4.36. The third kappa shape index (κ3) is 3.43. The van der Waals surface area contributed by atoms with Crippen LogP contribution in [-0.2, 0) is 6.42 Å². The molecule has 1 atom stereocenters. The van der Waals surface area contributed by atoms with Gasteiger partial charge in [0.25, 0.3) is 0 Å². The Morgan fingerprint density at radius 3 is 2.67 bits per heavy atom. The molecule has 0 saturated carbocycles. The highest BCUT2D eigenvalue weighted by atomic mass is 127. The molecule has 1 N–H and O–H groups in total. The maximum atomic E-state index is 13.0. The van der Waals surface area contributed by atoms with Crippen LogP contribution in [0, 0.1) is 9.39 Å². The van der Waals surface area contributed by atoms with Crippen molar-refractivity contribution in [2.45, 2.75) is 12.5 Å². The van der Waals surface area contributed by atoms with Crippen molar-refractivity contribution in [3.63, 3.8) is 0 Å². The van der Waals surface area contributed by atoms with Crippen molar-refractivity contribution in [1.82, 2.24) is 0 Å². The molecule has 0 amide bonds. The van der Waals surface area contributed by atoms with Crippen molar-refractivity contribution < 1.29 is 9.50 Å². The second kappa shape index (κ2) is 5.99. The van der Waals surface area contributed by atoms with Gasteiger partial charge in [0.15, 0.2) is 0 Å². The van der Waals surface area contributed by atoms with Gasteiger partial charge in [0, 0.05) is 15.0 Å². The van der Waals surface area contributed by atoms with E-state index < -0.39 is 6.10 Å². The van der Waals surface area contributed by atoms with Crippen molar-refractivity contribution in [1.29, 1.82) is 0 Å². The average molecular weight is 377 g/mol. The zero-order valence-electron chi connectivity index (χ0n) is 9.41. The number of aliphatic hydroxyl groups excluding tert-OH is 1. The first-order valence-corrected chi connectivity index (χ1v) is 6.89. The van der Waals surface area contributed by atoms with Crippen molar-refractivity contribution in [3.05, 3.63) is 68.0 Å². The van der Waals surface area contributed by atoms with E-state index in [2.05, 4.69) is 0 Å². The fourth-order valence-electron chi connectivity index (χ4n) is 1.77. The van der Waals surface area contributed by atoms with Gasteiger partial charge in [-0.2, -0.15) is 0 Å². The summed E-state index contributed by atoms with van der Waals surface area (Å²) in [4.78, 5) is 0. The van der Waals surface area contributed by atoms with Gasteiger partial charge in [0.1, 0.15) is 5.82 Å². The van der Waals surface area contributed by atoms with E-state index in [-0.39, 0.29) is 5.82 Å². The van der Waals surface area contributed by atoms with E-state index >= 15 is 0 Å². The Labute approximate surface area is 124 Å². The molecule has 0 heterocycles. The summed E-state index contributed by atoms with van der Waals surface area (Å²) < 4.78 is 13.7. The normalized spacial score (nSPS) is 12.4. The van der Waals surface area contributed by atoms with Crippen LogP contribution in [0.4, 0.5) is 4.39 Å². The smallest absolute Gasteiger partial charge is 0.124 e. The molecule has 2 aromatic rings. The molecule has 0 aliphatic heterocycles. The summed E-state index contributed by atoms with van der Waals surface area (Å²) in [5.74, 6) is -0.293. The van der Waals surface area contributed by atoms with Gasteiger partial charge in [0.05, 0.1) is 6.10 Å². The van der Waals surface area contributed by atoms with E-state index in [9.17, 15) is 9.50 Å². The fourth-order valence-corrected chi connectivity index (χ4v) is 2.82. The minimum atomic E-state index is -0.657. The standard InChI is InChI=1S/C14H11ClFIO/c15-10-3-1-2-9(6-10)7-14(18)12-5-4-11(16)8-13(12)17/h1-6,8,14,18H,7H2. The molecular formula is C14H11ClFIO. The van der Waals surface area contributed by atoms with Crippen LogP contribution >= 0.6 is 34.2 Å². The molecule has 0 aliphatic rings. The summed E-state index contributed by atoms with van der Waals surface area (Å²) in [7, 11) is 0. The first-order chi connectivity index (χ1) is 8.56. The maximum Gasteiger partial charge on any atom is 0.124 e. The predicted molar refractivity (Wildman–Crippen MR) is 79.2 cm³/mol. The molecule has 0 spiro atoms. The average Bonchev–Trinajstić information content (AvgIpc) is 2.28. The third-order valence-corrected chi connectivity index (χ3v) is 3.81. The van der Waals surface area contributed by atoms with Crippen molar-refractivity contribution >= 4 is 34.2 Å². The largest absolute Gasteiger partial charge is 0.388 e. The molecule has 4 heteroatoms. The molecule has 0 bridgehead atoms. The van der Waals surface area contributed by atoms with Gasteiger partial charge in [-0.1, -0.05) is 29.8 Å². The van der Waals surface area contributed by atoms with E-state index in [0.29, 0.717) is 11.4 Å². The third-order valence-electron chi connectivity index (χ3n) is 2.64. The Hall–Kier alpha value is -0.650. The van der Waals surface area contributed by atoms with Gasteiger partial charge in [0.2, 0.25) is 0 Å². The monoisotopic (exact) mass is 376 g/mol. The van der Waals surface area contributed by atoms with E-state index in [0.717, 1.165) is 14.7 Å². The zero-order chi connectivity index (χ0) is 13.1. The molecule has 18 heavy (non-hydrogen) atoms.